The van der Waals surface area contributed by atoms with E-state index < -0.39 is 0 Å². The van der Waals surface area contributed by atoms with Gasteiger partial charge < -0.3 is 19.9 Å². The molecule has 2 amide bonds. The molecule has 0 bridgehead atoms. The molecule has 1 fully saturated rings. The third kappa shape index (κ3) is 5.84. The summed E-state index contributed by atoms with van der Waals surface area (Å²) < 4.78 is 7.69. The lowest BCUT2D eigenvalue weighted by molar-refractivity contribution is 0.0365. The maximum absolute atomic E-state index is 12.3. The molecule has 8 heteroatoms. The van der Waals surface area contributed by atoms with Gasteiger partial charge in [-0.3, -0.25) is 4.90 Å². The van der Waals surface area contributed by atoms with Crippen molar-refractivity contribution in [2.75, 3.05) is 44.7 Å². The van der Waals surface area contributed by atoms with E-state index in [0.717, 1.165) is 67.6 Å². The van der Waals surface area contributed by atoms with E-state index in [1.807, 2.05) is 12.1 Å². The highest BCUT2D eigenvalue weighted by atomic mass is 32.1. The number of ether oxygens (including phenoxy) is 1. The minimum absolute atomic E-state index is 0.189. The van der Waals surface area contributed by atoms with Gasteiger partial charge in [0.15, 0.2) is 0 Å². The van der Waals surface area contributed by atoms with E-state index >= 15 is 0 Å². The number of hydrogen-bond donors (Lipinski definition) is 2. The maximum Gasteiger partial charge on any atom is 0.319 e. The van der Waals surface area contributed by atoms with Crippen LogP contribution in [0.15, 0.2) is 35.8 Å². The Balaban J connectivity index is 1.26. The molecule has 0 unspecified atom stereocenters. The predicted octanol–water partition coefficient (Wildman–Crippen LogP) is 3.92. The molecule has 0 aliphatic carbocycles. The molecular formula is C23H31N5O2S. The minimum atomic E-state index is -0.189. The Morgan fingerprint density at radius 2 is 2.06 bits per heavy atom. The molecule has 2 N–H and O–H groups in total. The number of urea groups is 1. The molecule has 0 saturated carbocycles. The molecule has 2 aromatic heterocycles. The number of anilines is 1. The fraction of sp³-hybridized carbons (Fsp3) is 0.478. The number of fused-ring (bicyclic) bond motifs is 1. The number of carbonyl (C=O) groups is 1. The van der Waals surface area contributed by atoms with Crippen molar-refractivity contribution < 1.29 is 9.53 Å². The number of hydrogen-bond acceptors (Lipinski definition) is 5. The molecule has 3 aromatic rings. The number of morpholine rings is 1. The number of aromatic nitrogens is 2. The van der Waals surface area contributed by atoms with E-state index in [2.05, 4.69) is 62.6 Å². The Labute approximate surface area is 187 Å². The van der Waals surface area contributed by atoms with Crippen molar-refractivity contribution >= 4 is 34.0 Å². The molecular weight excluding hydrogens is 410 g/mol. The van der Waals surface area contributed by atoms with Gasteiger partial charge in [0.05, 0.1) is 23.9 Å². The number of benzene rings is 1. The lowest BCUT2D eigenvalue weighted by atomic mass is 10.2. The lowest BCUT2D eigenvalue weighted by Crippen LogP contribution is -2.38. The molecule has 0 spiro atoms. The second-order valence-electron chi connectivity index (χ2n) is 8.20. The van der Waals surface area contributed by atoms with Crippen molar-refractivity contribution in [1.82, 2.24) is 19.8 Å². The van der Waals surface area contributed by atoms with Gasteiger partial charge in [-0.25, -0.2) is 9.78 Å². The summed E-state index contributed by atoms with van der Waals surface area (Å²) in [6, 6.07) is 7.97. The Bertz CT molecular complexity index is 1010. The van der Waals surface area contributed by atoms with Crippen LogP contribution >= 0.6 is 11.3 Å². The van der Waals surface area contributed by atoms with Gasteiger partial charge in [-0.15, -0.1) is 11.3 Å². The quantitative estimate of drug-likeness (QED) is 0.556. The molecule has 31 heavy (non-hydrogen) atoms. The summed E-state index contributed by atoms with van der Waals surface area (Å²) in [6.07, 6.45) is 2.86. The van der Waals surface area contributed by atoms with E-state index in [4.69, 9.17) is 4.74 Å². The van der Waals surface area contributed by atoms with Crippen molar-refractivity contribution in [2.45, 2.75) is 32.7 Å². The van der Waals surface area contributed by atoms with Crippen LogP contribution in [0, 0.1) is 0 Å². The Morgan fingerprint density at radius 3 is 2.84 bits per heavy atom. The lowest BCUT2D eigenvalue weighted by Gasteiger charge is -2.26. The van der Waals surface area contributed by atoms with Crippen molar-refractivity contribution in [3.63, 3.8) is 0 Å². The van der Waals surface area contributed by atoms with E-state index in [-0.39, 0.29) is 6.03 Å². The molecule has 0 radical (unpaired) electrons. The van der Waals surface area contributed by atoms with Crippen molar-refractivity contribution in [2.24, 2.45) is 0 Å². The largest absolute Gasteiger partial charge is 0.379 e. The highest BCUT2D eigenvalue weighted by Gasteiger charge is 2.11. The summed E-state index contributed by atoms with van der Waals surface area (Å²) in [5, 5.41) is 10.2. The van der Waals surface area contributed by atoms with Crippen LogP contribution in [0.1, 0.15) is 30.5 Å². The van der Waals surface area contributed by atoms with Crippen LogP contribution in [-0.2, 0) is 17.7 Å². The van der Waals surface area contributed by atoms with E-state index in [1.54, 1.807) is 11.3 Å². The van der Waals surface area contributed by atoms with Gasteiger partial charge in [0.1, 0.15) is 0 Å². The average molecular weight is 442 g/mol. The smallest absolute Gasteiger partial charge is 0.319 e. The SMILES string of the molecule is CC(C)c1nc(CCNC(=O)Nc2ccc3c(ccn3CCN3CCOCC3)c2)cs1. The normalized spacial score (nSPS) is 14.9. The summed E-state index contributed by atoms with van der Waals surface area (Å²) in [5.74, 6) is 0.444. The van der Waals surface area contributed by atoms with E-state index in [9.17, 15) is 4.79 Å². The number of amides is 2. The Kier molecular flexibility index (Phi) is 7.21. The van der Waals surface area contributed by atoms with Crippen molar-refractivity contribution in [1.29, 1.82) is 0 Å². The van der Waals surface area contributed by atoms with Crippen LogP contribution in [0.25, 0.3) is 10.9 Å². The highest BCUT2D eigenvalue weighted by molar-refractivity contribution is 7.09. The average Bonchev–Trinajstić information content (AvgIpc) is 3.40. The number of thiazole rings is 1. The molecule has 166 valence electrons. The maximum atomic E-state index is 12.3. The van der Waals surface area contributed by atoms with Crippen LogP contribution < -0.4 is 10.6 Å². The number of carbonyl (C=O) groups excluding carboxylic acids is 1. The Morgan fingerprint density at radius 1 is 1.23 bits per heavy atom. The first-order chi connectivity index (χ1) is 15.1. The predicted molar refractivity (Wildman–Crippen MR) is 126 cm³/mol. The standard InChI is InChI=1S/C23H31N5O2S/c1-17(2)22-25-20(16-31-22)5-7-24-23(29)26-19-3-4-21-18(15-19)6-8-28(21)10-9-27-11-13-30-14-12-27/h3-4,6,8,15-17H,5,7,9-14H2,1-2H3,(H2,24,26,29). The zero-order chi connectivity index (χ0) is 21.6. The van der Waals surface area contributed by atoms with Crippen molar-refractivity contribution in [3.05, 3.63) is 46.5 Å². The summed E-state index contributed by atoms with van der Waals surface area (Å²) in [5.41, 5.74) is 3.02. The first kappa shape index (κ1) is 21.8. The van der Waals surface area contributed by atoms with Crippen LogP contribution in [0.5, 0.6) is 0 Å². The first-order valence-corrected chi connectivity index (χ1v) is 11.8. The molecule has 7 nitrogen and oxygen atoms in total. The van der Waals surface area contributed by atoms with E-state index in [0.29, 0.717) is 12.5 Å². The van der Waals surface area contributed by atoms with Gasteiger partial charge in [0.2, 0.25) is 0 Å². The van der Waals surface area contributed by atoms with Gasteiger partial charge in [-0.05, 0) is 24.3 Å². The number of nitrogens with one attached hydrogen (secondary N) is 2. The fourth-order valence-corrected chi connectivity index (χ4v) is 4.60. The minimum Gasteiger partial charge on any atom is -0.379 e. The molecule has 4 rings (SSSR count). The highest BCUT2D eigenvalue weighted by Crippen LogP contribution is 2.21. The van der Waals surface area contributed by atoms with Crippen LogP contribution in [0.2, 0.25) is 0 Å². The number of rotatable bonds is 8. The molecule has 3 heterocycles. The topological polar surface area (TPSA) is 71.4 Å². The van der Waals surface area contributed by atoms with Crippen LogP contribution in [0.4, 0.5) is 10.5 Å². The third-order valence-corrected chi connectivity index (χ3v) is 6.71. The summed E-state index contributed by atoms with van der Waals surface area (Å²) in [6.45, 7) is 10.5. The van der Waals surface area contributed by atoms with Crippen LogP contribution in [-0.4, -0.2) is 59.9 Å². The van der Waals surface area contributed by atoms with Crippen LogP contribution in [0.3, 0.4) is 0 Å². The van der Waals surface area contributed by atoms with Gasteiger partial charge >= 0.3 is 6.03 Å². The number of nitrogens with zero attached hydrogens (tertiary/aromatic N) is 3. The fourth-order valence-electron chi connectivity index (χ4n) is 3.73. The zero-order valence-corrected chi connectivity index (χ0v) is 19.1. The Hall–Kier alpha value is -2.42. The van der Waals surface area contributed by atoms with Gasteiger partial charge in [0, 0.05) is 73.2 Å². The zero-order valence-electron chi connectivity index (χ0n) is 18.3. The molecule has 1 aromatic carbocycles. The first-order valence-electron chi connectivity index (χ1n) is 11.0. The van der Waals surface area contributed by atoms with Gasteiger partial charge in [-0.1, -0.05) is 13.8 Å². The summed E-state index contributed by atoms with van der Waals surface area (Å²) in [7, 11) is 0. The van der Waals surface area contributed by atoms with Gasteiger partial charge in [-0.2, -0.15) is 0 Å². The summed E-state index contributed by atoms with van der Waals surface area (Å²) in [4.78, 5) is 19.3. The second kappa shape index (κ2) is 10.3. The third-order valence-electron chi connectivity index (χ3n) is 5.52. The molecule has 1 aliphatic heterocycles. The monoisotopic (exact) mass is 441 g/mol. The van der Waals surface area contributed by atoms with Crippen molar-refractivity contribution in [3.8, 4) is 0 Å². The molecule has 0 atom stereocenters. The molecule has 1 saturated heterocycles. The summed E-state index contributed by atoms with van der Waals surface area (Å²) >= 11 is 1.68. The van der Waals surface area contributed by atoms with E-state index in [1.165, 1.54) is 5.52 Å². The second-order valence-corrected chi connectivity index (χ2v) is 9.09. The van der Waals surface area contributed by atoms with Gasteiger partial charge in [0.25, 0.3) is 0 Å². The molecule has 1 aliphatic rings.